The predicted molar refractivity (Wildman–Crippen MR) is 87.0 cm³/mol. The van der Waals surface area contributed by atoms with Crippen molar-refractivity contribution in [1.29, 1.82) is 0 Å². The van der Waals surface area contributed by atoms with Crippen LogP contribution in [0.25, 0.3) is 0 Å². The van der Waals surface area contributed by atoms with E-state index in [1.807, 2.05) is 20.8 Å². The molecule has 4 nitrogen and oxygen atoms in total. The van der Waals surface area contributed by atoms with Crippen LogP contribution in [0.5, 0.6) is 0 Å². The molecule has 0 saturated heterocycles. The number of nitrogens with two attached hydrogens (primary N) is 1. The van der Waals surface area contributed by atoms with Gasteiger partial charge in [0.15, 0.2) is 0 Å². The molecule has 2 N–H and O–H groups in total. The first kappa shape index (κ1) is 17.1. The fourth-order valence-corrected chi connectivity index (χ4v) is 3.61. The fourth-order valence-electron chi connectivity index (χ4n) is 1.96. The van der Waals surface area contributed by atoms with Gasteiger partial charge in [0.05, 0.1) is 5.75 Å². The van der Waals surface area contributed by atoms with Gasteiger partial charge in [-0.3, -0.25) is 0 Å². The third kappa shape index (κ3) is 4.85. The third-order valence-electron chi connectivity index (χ3n) is 2.79. The minimum atomic E-state index is -3.38. The summed E-state index contributed by atoms with van der Waals surface area (Å²) in [6.45, 7) is 6.47. The van der Waals surface area contributed by atoms with E-state index >= 15 is 0 Å². The van der Waals surface area contributed by atoms with Crippen LogP contribution in [0.3, 0.4) is 0 Å². The van der Waals surface area contributed by atoms with Gasteiger partial charge >= 0.3 is 0 Å². The van der Waals surface area contributed by atoms with Crippen molar-refractivity contribution < 1.29 is 8.42 Å². The highest BCUT2D eigenvalue weighted by atomic mass is 32.2. The second kappa shape index (κ2) is 6.20. The Bertz CT molecular complexity index is 589. The lowest BCUT2D eigenvalue weighted by Gasteiger charge is -2.26. The molecule has 0 saturated carbocycles. The van der Waals surface area contributed by atoms with E-state index in [-0.39, 0.29) is 16.2 Å². The molecule has 0 amide bonds. The van der Waals surface area contributed by atoms with Crippen LogP contribution in [0.2, 0.25) is 0 Å². The standard InChI is InChI=1S/C14H22N2O2S2/c1-14(2,3)10-16(4)20(17,18)9-11-7-5-6-8-12(11)13(15)19/h5-8H,9-10H2,1-4H3,(H2,15,19). The van der Waals surface area contributed by atoms with Gasteiger partial charge in [0.2, 0.25) is 10.0 Å². The summed E-state index contributed by atoms with van der Waals surface area (Å²) >= 11 is 4.96. The zero-order valence-corrected chi connectivity index (χ0v) is 14.0. The third-order valence-corrected chi connectivity index (χ3v) is 4.77. The number of rotatable bonds is 5. The molecule has 0 radical (unpaired) electrons. The Morgan fingerprint density at radius 3 is 2.35 bits per heavy atom. The van der Waals surface area contributed by atoms with Crippen molar-refractivity contribution in [2.24, 2.45) is 11.1 Å². The minimum absolute atomic E-state index is 0.0902. The first-order chi connectivity index (χ1) is 9.03. The second-order valence-electron chi connectivity index (χ2n) is 6.09. The highest BCUT2D eigenvalue weighted by molar-refractivity contribution is 7.88. The van der Waals surface area contributed by atoms with Gasteiger partial charge in [0, 0.05) is 19.2 Å². The summed E-state index contributed by atoms with van der Waals surface area (Å²) in [5.41, 5.74) is 6.80. The van der Waals surface area contributed by atoms with E-state index in [1.165, 1.54) is 4.31 Å². The van der Waals surface area contributed by atoms with Crippen molar-refractivity contribution in [2.75, 3.05) is 13.6 Å². The summed E-state index contributed by atoms with van der Waals surface area (Å²) in [7, 11) is -1.78. The maximum atomic E-state index is 12.4. The van der Waals surface area contributed by atoms with Crippen molar-refractivity contribution in [2.45, 2.75) is 26.5 Å². The summed E-state index contributed by atoms with van der Waals surface area (Å²) in [5.74, 6) is -0.0902. The summed E-state index contributed by atoms with van der Waals surface area (Å²) in [5, 5.41) is 0. The van der Waals surface area contributed by atoms with E-state index in [0.717, 1.165) is 0 Å². The summed E-state index contributed by atoms with van der Waals surface area (Å²) < 4.78 is 26.2. The normalized spacial score (nSPS) is 12.7. The van der Waals surface area contributed by atoms with E-state index in [9.17, 15) is 8.42 Å². The molecule has 1 rings (SSSR count). The lowest BCUT2D eigenvalue weighted by molar-refractivity contribution is 0.310. The highest BCUT2D eigenvalue weighted by Crippen LogP contribution is 2.19. The molecule has 0 aliphatic rings. The van der Waals surface area contributed by atoms with Gasteiger partial charge in [0.1, 0.15) is 4.99 Å². The summed E-state index contributed by atoms with van der Waals surface area (Å²) in [6, 6.07) is 7.08. The van der Waals surface area contributed by atoms with Crippen molar-refractivity contribution in [1.82, 2.24) is 4.31 Å². The number of thiocarbonyl (C=S) groups is 1. The van der Waals surface area contributed by atoms with Gasteiger partial charge in [-0.1, -0.05) is 57.3 Å². The Hall–Kier alpha value is -0.980. The SMILES string of the molecule is CN(CC(C)(C)C)S(=O)(=O)Cc1ccccc1C(N)=S. The molecule has 0 aromatic heterocycles. The molecule has 0 fully saturated rings. The monoisotopic (exact) mass is 314 g/mol. The van der Waals surface area contributed by atoms with Gasteiger partial charge < -0.3 is 5.73 Å². The predicted octanol–water partition coefficient (Wildman–Crippen LogP) is 2.13. The Balaban J connectivity index is 3.00. The molecule has 112 valence electrons. The minimum Gasteiger partial charge on any atom is -0.389 e. The van der Waals surface area contributed by atoms with Crippen LogP contribution in [-0.4, -0.2) is 31.3 Å². The number of hydrogen-bond acceptors (Lipinski definition) is 3. The van der Waals surface area contributed by atoms with Crippen molar-refractivity contribution >= 4 is 27.2 Å². The Kier molecular flexibility index (Phi) is 5.29. The van der Waals surface area contributed by atoms with Crippen LogP contribution in [0.15, 0.2) is 24.3 Å². The van der Waals surface area contributed by atoms with Crippen LogP contribution in [0.1, 0.15) is 31.9 Å². The van der Waals surface area contributed by atoms with Gasteiger partial charge in [0.25, 0.3) is 0 Å². The summed E-state index contributed by atoms with van der Waals surface area (Å²) in [4.78, 5) is 0.217. The molecule has 1 aromatic rings. The number of benzene rings is 1. The van der Waals surface area contributed by atoms with Crippen LogP contribution in [0.4, 0.5) is 0 Å². The van der Waals surface area contributed by atoms with Gasteiger partial charge in [-0.15, -0.1) is 0 Å². The molecule has 0 atom stereocenters. The van der Waals surface area contributed by atoms with E-state index in [4.69, 9.17) is 18.0 Å². The lowest BCUT2D eigenvalue weighted by atomic mass is 9.97. The topological polar surface area (TPSA) is 63.4 Å². The van der Waals surface area contributed by atoms with E-state index in [2.05, 4.69) is 0 Å². The Morgan fingerprint density at radius 2 is 1.85 bits per heavy atom. The van der Waals surface area contributed by atoms with Crippen molar-refractivity contribution in [3.63, 3.8) is 0 Å². The number of hydrogen-bond donors (Lipinski definition) is 1. The van der Waals surface area contributed by atoms with Gasteiger partial charge in [-0.05, 0) is 11.0 Å². The molecular formula is C14H22N2O2S2. The van der Waals surface area contributed by atoms with Crippen LogP contribution in [0, 0.1) is 5.41 Å². The zero-order valence-electron chi connectivity index (χ0n) is 12.4. The van der Waals surface area contributed by atoms with Crippen LogP contribution in [-0.2, 0) is 15.8 Å². The molecule has 6 heteroatoms. The Labute approximate surface area is 127 Å². The van der Waals surface area contributed by atoms with Crippen LogP contribution >= 0.6 is 12.2 Å². The molecule has 0 heterocycles. The molecular weight excluding hydrogens is 292 g/mol. The van der Waals surface area contributed by atoms with E-state index in [0.29, 0.717) is 17.7 Å². The molecule has 1 aromatic carbocycles. The molecule has 0 aliphatic carbocycles. The van der Waals surface area contributed by atoms with E-state index in [1.54, 1.807) is 31.3 Å². The maximum absolute atomic E-state index is 12.4. The average Bonchev–Trinajstić information content (AvgIpc) is 2.26. The first-order valence-electron chi connectivity index (χ1n) is 6.35. The second-order valence-corrected chi connectivity index (χ2v) is 8.61. The number of nitrogens with zero attached hydrogens (tertiary/aromatic N) is 1. The average molecular weight is 314 g/mol. The molecule has 0 unspecified atom stereocenters. The fraction of sp³-hybridized carbons (Fsp3) is 0.500. The molecule has 0 spiro atoms. The molecule has 0 aliphatic heterocycles. The maximum Gasteiger partial charge on any atom is 0.218 e. The Morgan fingerprint density at radius 1 is 1.30 bits per heavy atom. The van der Waals surface area contributed by atoms with Crippen LogP contribution < -0.4 is 5.73 Å². The number of sulfonamides is 1. The molecule has 0 bridgehead atoms. The first-order valence-corrected chi connectivity index (χ1v) is 8.36. The quantitative estimate of drug-likeness (QED) is 0.846. The van der Waals surface area contributed by atoms with Crippen molar-refractivity contribution in [3.05, 3.63) is 35.4 Å². The summed E-state index contributed by atoms with van der Waals surface area (Å²) in [6.07, 6.45) is 0. The smallest absolute Gasteiger partial charge is 0.218 e. The van der Waals surface area contributed by atoms with E-state index < -0.39 is 10.0 Å². The van der Waals surface area contributed by atoms with Gasteiger partial charge in [-0.2, -0.15) is 0 Å². The molecule has 20 heavy (non-hydrogen) atoms. The largest absolute Gasteiger partial charge is 0.389 e. The van der Waals surface area contributed by atoms with Crippen molar-refractivity contribution in [3.8, 4) is 0 Å². The lowest BCUT2D eigenvalue weighted by Crippen LogP contribution is -2.35. The highest BCUT2D eigenvalue weighted by Gasteiger charge is 2.24. The van der Waals surface area contributed by atoms with Gasteiger partial charge in [-0.25, -0.2) is 12.7 Å². The zero-order chi connectivity index (χ0) is 15.6.